The molecule has 0 fully saturated rings. The smallest absolute Gasteiger partial charge is 0.264 e. The molecule has 0 unspecified atom stereocenters. The summed E-state index contributed by atoms with van der Waals surface area (Å²) in [4.78, 5) is 27.0. The second-order valence-electron chi connectivity index (χ2n) is 6.97. The Morgan fingerprint density at radius 3 is 2.52 bits per heavy atom. The maximum atomic E-state index is 12.4. The topological polar surface area (TPSA) is 90.7 Å². The van der Waals surface area contributed by atoms with Gasteiger partial charge in [-0.05, 0) is 29.3 Å². The predicted molar refractivity (Wildman–Crippen MR) is 105 cm³/mol. The predicted octanol–water partition coefficient (Wildman–Crippen LogP) is 2.97. The van der Waals surface area contributed by atoms with E-state index in [1.54, 1.807) is 7.05 Å². The fourth-order valence-corrected chi connectivity index (χ4v) is 3.36. The van der Waals surface area contributed by atoms with E-state index in [1.165, 1.54) is 22.1 Å². The highest BCUT2D eigenvalue weighted by Gasteiger charge is 2.34. The van der Waals surface area contributed by atoms with Gasteiger partial charge >= 0.3 is 0 Å². The van der Waals surface area contributed by atoms with Crippen LogP contribution >= 0.6 is 12.2 Å². The first-order chi connectivity index (χ1) is 12.7. The molecule has 7 nitrogen and oxygen atoms in total. The van der Waals surface area contributed by atoms with Gasteiger partial charge in [-0.15, -0.1) is 0 Å². The molecule has 1 aromatic carbocycles. The number of hydrogen-bond donors (Lipinski definition) is 2. The summed E-state index contributed by atoms with van der Waals surface area (Å²) in [5.41, 5.74) is 2.00. The van der Waals surface area contributed by atoms with E-state index in [2.05, 4.69) is 23.9 Å². The van der Waals surface area contributed by atoms with Crippen molar-refractivity contribution in [2.45, 2.75) is 39.2 Å². The van der Waals surface area contributed by atoms with Crippen molar-refractivity contribution in [2.24, 2.45) is 12.1 Å². The second-order valence-corrected chi connectivity index (χ2v) is 7.36. The maximum absolute atomic E-state index is 12.4. The Bertz CT molecular complexity index is 1030. The standard InChI is InChI=1S/C19H22N4O3S/c1-10(2)12-5-7-13(8-6-12)15-9-14(21-23(15)11(3)24)16-17(25)20-19(27)22(4)18(16)26/h5-8,10,15,26H,9H2,1-4H3,(H,20,25,27)/t15-/m1/s1. The Hall–Kier alpha value is -2.74. The Kier molecular flexibility index (Phi) is 5.01. The molecule has 1 aromatic heterocycles. The summed E-state index contributed by atoms with van der Waals surface area (Å²) in [6.07, 6.45) is 0.327. The molecule has 1 atom stereocenters. The van der Waals surface area contributed by atoms with Crippen molar-refractivity contribution in [3.8, 4) is 5.88 Å². The molecule has 3 rings (SSSR count). The van der Waals surface area contributed by atoms with Gasteiger partial charge in [-0.2, -0.15) is 5.10 Å². The molecule has 0 radical (unpaired) electrons. The molecule has 1 aliphatic heterocycles. The first-order valence-corrected chi connectivity index (χ1v) is 9.11. The van der Waals surface area contributed by atoms with Gasteiger partial charge < -0.3 is 5.11 Å². The van der Waals surface area contributed by atoms with E-state index < -0.39 is 5.56 Å². The third-order valence-electron chi connectivity index (χ3n) is 4.80. The molecule has 0 bridgehead atoms. The highest BCUT2D eigenvalue weighted by molar-refractivity contribution is 7.71. The monoisotopic (exact) mass is 386 g/mol. The van der Waals surface area contributed by atoms with Crippen molar-refractivity contribution < 1.29 is 9.90 Å². The Morgan fingerprint density at radius 1 is 1.33 bits per heavy atom. The molecular formula is C19H22N4O3S. The molecule has 0 saturated carbocycles. The normalized spacial score (nSPS) is 16.7. The number of carbonyl (C=O) groups is 1. The van der Waals surface area contributed by atoms with E-state index in [1.807, 2.05) is 24.3 Å². The van der Waals surface area contributed by atoms with Crippen molar-refractivity contribution >= 4 is 23.8 Å². The molecule has 2 aromatic rings. The number of nitrogens with one attached hydrogen (secondary N) is 1. The van der Waals surface area contributed by atoms with E-state index in [0.717, 1.165) is 5.56 Å². The van der Waals surface area contributed by atoms with Gasteiger partial charge in [0.1, 0.15) is 5.56 Å². The van der Waals surface area contributed by atoms with E-state index in [0.29, 0.717) is 18.1 Å². The zero-order valence-electron chi connectivity index (χ0n) is 15.7. The highest BCUT2D eigenvalue weighted by atomic mass is 32.1. The van der Waals surface area contributed by atoms with Gasteiger partial charge in [-0.3, -0.25) is 19.1 Å². The van der Waals surface area contributed by atoms with Crippen molar-refractivity contribution in [1.82, 2.24) is 14.6 Å². The Morgan fingerprint density at radius 2 is 1.96 bits per heavy atom. The lowest BCUT2D eigenvalue weighted by Crippen LogP contribution is -2.24. The van der Waals surface area contributed by atoms with Gasteiger partial charge in [-0.25, -0.2) is 5.01 Å². The van der Waals surface area contributed by atoms with Crippen LogP contribution in [0.25, 0.3) is 0 Å². The molecule has 0 spiro atoms. The molecule has 142 valence electrons. The third-order valence-corrected chi connectivity index (χ3v) is 5.18. The number of benzene rings is 1. The number of aromatic nitrogens is 2. The lowest BCUT2D eigenvalue weighted by atomic mass is 9.96. The molecule has 8 heteroatoms. The number of hydrogen-bond acceptors (Lipinski definition) is 5. The minimum Gasteiger partial charge on any atom is -0.494 e. The van der Waals surface area contributed by atoms with Crippen LogP contribution in [0.1, 0.15) is 55.8 Å². The highest BCUT2D eigenvalue weighted by Crippen LogP contribution is 2.34. The minimum atomic E-state index is -0.520. The van der Waals surface area contributed by atoms with Crippen molar-refractivity contribution in [3.05, 3.63) is 56.1 Å². The molecule has 0 saturated heterocycles. The van der Waals surface area contributed by atoms with Crippen LogP contribution in [0, 0.1) is 4.77 Å². The molecule has 0 aliphatic carbocycles. The third kappa shape index (κ3) is 3.44. The number of nitrogens with zero attached hydrogens (tertiary/aromatic N) is 3. The van der Waals surface area contributed by atoms with E-state index in [-0.39, 0.29) is 28.2 Å². The quantitative estimate of drug-likeness (QED) is 0.794. The second kappa shape index (κ2) is 7.11. The summed E-state index contributed by atoms with van der Waals surface area (Å²) < 4.78 is 1.42. The summed E-state index contributed by atoms with van der Waals surface area (Å²) in [7, 11) is 1.55. The molecule has 2 N–H and O–H groups in total. The molecular weight excluding hydrogens is 364 g/mol. The van der Waals surface area contributed by atoms with Gasteiger partial charge in [-0.1, -0.05) is 38.1 Å². The first kappa shape index (κ1) is 19.0. The molecule has 27 heavy (non-hydrogen) atoms. The van der Waals surface area contributed by atoms with Crippen LogP contribution in [0.5, 0.6) is 5.88 Å². The first-order valence-electron chi connectivity index (χ1n) is 8.70. The summed E-state index contributed by atoms with van der Waals surface area (Å²) >= 11 is 5.00. The number of carbonyl (C=O) groups excluding carboxylic acids is 1. The van der Waals surface area contributed by atoms with Crippen LogP contribution in [-0.2, 0) is 11.8 Å². The number of amides is 1. The fraction of sp³-hybridized carbons (Fsp3) is 0.368. The van der Waals surface area contributed by atoms with Gasteiger partial charge in [0, 0.05) is 20.4 Å². The number of rotatable bonds is 3. The van der Waals surface area contributed by atoms with Crippen LogP contribution in [0.15, 0.2) is 34.2 Å². The largest absolute Gasteiger partial charge is 0.494 e. The van der Waals surface area contributed by atoms with Crippen molar-refractivity contribution in [1.29, 1.82) is 0 Å². The minimum absolute atomic E-state index is 0.0404. The molecule has 1 aliphatic rings. The number of H-pyrrole nitrogens is 1. The maximum Gasteiger partial charge on any atom is 0.264 e. The molecule has 1 amide bonds. The van der Waals surface area contributed by atoms with Crippen LogP contribution in [-0.4, -0.2) is 31.3 Å². The summed E-state index contributed by atoms with van der Waals surface area (Å²) in [6.45, 7) is 5.66. The average molecular weight is 386 g/mol. The van der Waals surface area contributed by atoms with Crippen LogP contribution in [0.3, 0.4) is 0 Å². The van der Waals surface area contributed by atoms with Crippen LogP contribution in [0.4, 0.5) is 0 Å². The van der Waals surface area contributed by atoms with Crippen molar-refractivity contribution in [2.75, 3.05) is 0 Å². The van der Waals surface area contributed by atoms with Crippen LogP contribution in [0.2, 0.25) is 0 Å². The van der Waals surface area contributed by atoms with Gasteiger partial charge in [0.25, 0.3) is 5.56 Å². The zero-order valence-corrected chi connectivity index (χ0v) is 16.5. The lowest BCUT2D eigenvalue weighted by Gasteiger charge is -2.21. The Labute approximate surface area is 162 Å². The van der Waals surface area contributed by atoms with Gasteiger partial charge in [0.2, 0.25) is 11.8 Å². The zero-order chi connectivity index (χ0) is 19.9. The van der Waals surface area contributed by atoms with Gasteiger partial charge in [0.15, 0.2) is 4.77 Å². The summed E-state index contributed by atoms with van der Waals surface area (Å²) in [6, 6.07) is 7.69. The van der Waals surface area contributed by atoms with E-state index in [9.17, 15) is 14.7 Å². The van der Waals surface area contributed by atoms with E-state index >= 15 is 0 Å². The summed E-state index contributed by atoms with van der Waals surface area (Å²) in [5.74, 6) is -0.0873. The van der Waals surface area contributed by atoms with Crippen LogP contribution < -0.4 is 5.56 Å². The number of hydrazone groups is 1. The van der Waals surface area contributed by atoms with Crippen molar-refractivity contribution in [3.63, 3.8) is 0 Å². The number of aromatic hydroxyl groups is 1. The lowest BCUT2D eigenvalue weighted by molar-refractivity contribution is -0.130. The summed E-state index contributed by atoms with van der Waals surface area (Å²) in [5, 5.41) is 16.1. The SMILES string of the molecule is CC(=O)N1N=C(c2c(O)n(C)c(=S)[nH]c2=O)C[C@@H]1c1ccc(C(C)C)cc1. The Balaban J connectivity index is 2.03. The van der Waals surface area contributed by atoms with Gasteiger partial charge in [0.05, 0.1) is 11.8 Å². The number of aromatic amines is 1. The molecule has 2 heterocycles. The fourth-order valence-electron chi connectivity index (χ4n) is 3.18. The average Bonchev–Trinajstić information content (AvgIpc) is 3.05. The van der Waals surface area contributed by atoms with E-state index in [4.69, 9.17) is 12.2 Å².